The van der Waals surface area contributed by atoms with Crippen molar-refractivity contribution in [2.45, 2.75) is 15.2 Å². The Morgan fingerprint density at radius 2 is 0.906 bits per heavy atom. The first-order chi connectivity index (χ1) is 31.7. The molecule has 0 unspecified atom stereocenters. The molecule has 3 heterocycles. The van der Waals surface area contributed by atoms with Gasteiger partial charge < -0.3 is 0 Å². The number of nitrogens with zero attached hydrogens (tertiary/aromatic N) is 3. The lowest BCUT2D eigenvalue weighted by molar-refractivity contribution is 0.723. The van der Waals surface area contributed by atoms with E-state index in [2.05, 4.69) is 200 Å². The van der Waals surface area contributed by atoms with Crippen LogP contribution >= 0.6 is 11.8 Å². The van der Waals surface area contributed by atoms with E-state index in [4.69, 9.17) is 15.0 Å². The second-order valence-electron chi connectivity index (χ2n) is 16.6. The van der Waals surface area contributed by atoms with Gasteiger partial charge in [0, 0.05) is 48.2 Å². The summed E-state index contributed by atoms with van der Waals surface area (Å²) in [6.07, 6.45) is 0. The van der Waals surface area contributed by atoms with Crippen molar-refractivity contribution in [3.63, 3.8) is 0 Å². The Balaban J connectivity index is 1.06. The van der Waals surface area contributed by atoms with Crippen LogP contribution in [0.2, 0.25) is 0 Å². The van der Waals surface area contributed by atoms with Crippen LogP contribution < -0.4 is 0 Å². The van der Waals surface area contributed by atoms with Crippen LogP contribution in [0, 0.1) is 0 Å². The summed E-state index contributed by atoms with van der Waals surface area (Å²) in [5.41, 5.74) is 17.5. The highest BCUT2D eigenvalue weighted by molar-refractivity contribution is 7.99. The van der Waals surface area contributed by atoms with E-state index in [1.54, 1.807) is 0 Å². The average Bonchev–Trinajstić information content (AvgIpc) is 3.67. The van der Waals surface area contributed by atoms with Crippen molar-refractivity contribution in [3.8, 4) is 67.4 Å². The van der Waals surface area contributed by atoms with Crippen LogP contribution in [0.1, 0.15) is 22.3 Å². The molecule has 2 aromatic heterocycles. The second-order valence-corrected chi connectivity index (χ2v) is 17.7. The molecule has 1 spiro atoms. The number of benzene rings is 9. The van der Waals surface area contributed by atoms with Gasteiger partial charge >= 0.3 is 0 Å². The van der Waals surface area contributed by atoms with Crippen molar-refractivity contribution in [3.05, 3.63) is 247 Å². The summed E-state index contributed by atoms with van der Waals surface area (Å²) >= 11 is 1.88. The fraction of sp³-hybridized carbons (Fsp3) is 0.0167. The first kappa shape index (κ1) is 36.7. The number of pyridine rings is 1. The third-order valence-electron chi connectivity index (χ3n) is 13.1. The average molecular weight is 832 g/mol. The summed E-state index contributed by atoms with van der Waals surface area (Å²) in [5.74, 6) is 0.702. The van der Waals surface area contributed by atoms with Crippen LogP contribution in [0.4, 0.5) is 0 Å². The number of fused-ring (bicyclic) bond motifs is 13. The van der Waals surface area contributed by atoms with Gasteiger partial charge in [-0.3, -0.25) is 0 Å². The van der Waals surface area contributed by atoms with Gasteiger partial charge in [0.2, 0.25) is 0 Å². The SMILES string of the molecule is c1ccc(-c2cc(-c3cccc(-c4ccc5nc(-c6ccccc6)c6ccc7c(c6c5c4)-c4ccccc4C74c5ccccc5Sc5ccccc54)c3)nc(-c3ccccc3)n2)cc1. The molecule has 0 amide bonds. The lowest BCUT2D eigenvalue weighted by atomic mass is 9.67. The zero-order valence-corrected chi connectivity index (χ0v) is 35.4. The second kappa shape index (κ2) is 14.6. The Kier molecular flexibility index (Phi) is 8.37. The fourth-order valence-corrected chi connectivity index (χ4v) is 11.5. The molecular weight excluding hydrogens is 795 g/mol. The van der Waals surface area contributed by atoms with Gasteiger partial charge in [-0.1, -0.05) is 200 Å². The Hall–Kier alpha value is -7.92. The van der Waals surface area contributed by atoms with Crippen molar-refractivity contribution < 1.29 is 0 Å². The van der Waals surface area contributed by atoms with Gasteiger partial charge in [-0.15, -0.1) is 0 Å². The largest absolute Gasteiger partial charge is 0.247 e. The first-order valence-corrected chi connectivity index (χ1v) is 22.6. The smallest absolute Gasteiger partial charge is 0.160 e. The molecule has 3 nitrogen and oxygen atoms in total. The summed E-state index contributed by atoms with van der Waals surface area (Å²) in [7, 11) is 0. The van der Waals surface area contributed by atoms with Crippen molar-refractivity contribution in [1.29, 1.82) is 0 Å². The van der Waals surface area contributed by atoms with E-state index in [1.807, 2.05) is 36.0 Å². The van der Waals surface area contributed by atoms with E-state index < -0.39 is 5.41 Å². The predicted octanol–water partition coefficient (Wildman–Crippen LogP) is 15.3. The summed E-state index contributed by atoms with van der Waals surface area (Å²) in [4.78, 5) is 18.3. The predicted molar refractivity (Wildman–Crippen MR) is 263 cm³/mol. The minimum Gasteiger partial charge on any atom is -0.247 e. The van der Waals surface area contributed by atoms with E-state index in [0.29, 0.717) is 5.82 Å². The molecule has 4 heteroatoms. The Labute approximate surface area is 375 Å². The molecule has 0 bridgehead atoms. The molecule has 0 radical (unpaired) electrons. The lowest BCUT2D eigenvalue weighted by Crippen LogP contribution is -2.31. The van der Waals surface area contributed by atoms with Gasteiger partial charge in [-0.25, -0.2) is 15.0 Å². The molecule has 1 aliphatic heterocycles. The van der Waals surface area contributed by atoms with Gasteiger partial charge in [0.1, 0.15) is 0 Å². The minimum absolute atomic E-state index is 0.484. The monoisotopic (exact) mass is 831 g/mol. The van der Waals surface area contributed by atoms with Crippen molar-refractivity contribution in [2.24, 2.45) is 0 Å². The zero-order chi connectivity index (χ0) is 42.2. The van der Waals surface area contributed by atoms with Crippen LogP contribution in [0.3, 0.4) is 0 Å². The maximum absolute atomic E-state index is 5.49. The van der Waals surface area contributed by atoms with Gasteiger partial charge in [-0.2, -0.15) is 0 Å². The normalized spacial score (nSPS) is 13.1. The molecule has 2 aliphatic rings. The molecule has 64 heavy (non-hydrogen) atoms. The number of rotatable bonds is 5. The Bertz CT molecular complexity index is 3540. The molecule has 0 fully saturated rings. The van der Waals surface area contributed by atoms with Crippen LogP contribution in [0.5, 0.6) is 0 Å². The molecule has 0 saturated carbocycles. The highest BCUT2D eigenvalue weighted by Gasteiger charge is 2.50. The quantitative estimate of drug-likeness (QED) is 0.162. The molecule has 13 rings (SSSR count). The van der Waals surface area contributed by atoms with E-state index in [-0.39, 0.29) is 0 Å². The molecule has 1 aliphatic carbocycles. The molecule has 0 N–H and O–H groups in total. The molecule has 9 aromatic carbocycles. The first-order valence-electron chi connectivity index (χ1n) is 21.8. The van der Waals surface area contributed by atoms with E-state index in [9.17, 15) is 0 Å². The van der Waals surface area contributed by atoms with Crippen molar-refractivity contribution in [1.82, 2.24) is 15.0 Å². The van der Waals surface area contributed by atoms with Gasteiger partial charge in [0.05, 0.1) is 28.0 Å². The van der Waals surface area contributed by atoms with Gasteiger partial charge in [0.25, 0.3) is 0 Å². The number of aromatic nitrogens is 3. The highest BCUT2D eigenvalue weighted by atomic mass is 32.2. The Morgan fingerprint density at radius 3 is 1.62 bits per heavy atom. The molecule has 0 atom stereocenters. The molecule has 0 saturated heterocycles. The van der Waals surface area contributed by atoms with E-state index in [1.165, 1.54) is 48.6 Å². The van der Waals surface area contributed by atoms with Crippen LogP contribution in [-0.2, 0) is 5.41 Å². The minimum atomic E-state index is -0.484. The van der Waals surface area contributed by atoms with Crippen molar-refractivity contribution in [2.75, 3.05) is 0 Å². The fourth-order valence-electron chi connectivity index (χ4n) is 10.4. The molecular formula is C60H37N3S. The maximum Gasteiger partial charge on any atom is 0.160 e. The lowest BCUT2D eigenvalue weighted by Gasteiger charge is -2.39. The summed E-state index contributed by atoms with van der Waals surface area (Å²) < 4.78 is 0. The van der Waals surface area contributed by atoms with Crippen molar-refractivity contribution >= 4 is 33.4 Å². The van der Waals surface area contributed by atoms with Gasteiger partial charge in [0.15, 0.2) is 5.82 Å². The molecule has 11 aromatic rings. The maximum atomic E-state index is 5.49. The van der Waals surface area contributed by atoms with E-state index >= 15 is 0 Å². The van der Waals surface area contributed by atoms with Crippen LogP contribution in [0.15, 0.2) is 234 Å². The van der Waals surface area contributed by atoms with Gasteiger partial charge in [-0.05, 0) is 80.9 Å². The highest BCUT2D eigenvalue weighted by Crippen LogP contribution is 2.63. The summed E-state index contributed by atoms with van der Waals surface area (Å²) in [6.45, 7) is 0. The third kappa shape index (κ3) is 5.59. The standard InChI is InChI=1S/C60H37N3S/c1-4-17-38(18-5-1)52-37-53(63-59(62-52)40-21-8-3-9-22-40)43-24-16-23-41(35-43)42-31-34-51-46(36-42)56-45(58(61-51)39-19-6-2-7-20-39)32-33-50-57(56)44-25-10-11-26-47(44)60(50)48-27-12-14-29-54(48)64-55-30-15-13-28-49(55)60/h1-37H. The topological polar surface area (TPSA) is 38.7 Å². The van der Waals surface area contributed by atoms with Crippen LogP contribution in [0.25, 0.3) is 89.1 Å². The molecule has 298 valence electrons. The summed E-state index contributed by atoms with van der Waals surface area (Å²) in [5, 5.41) is 3.50. The Morgan fingerprint density at radius 1 is 0.344 bits per heavy atom. The van der Waals surface area contributed by atoms with E-state index in [0.717, 1.165) is 66.8 Å². The number of hydrogen-bond donors (Lipinski definition) is 0. The third-order valence-corrected chi connectivity index (χ3v) is 14.3. The van der Waals surface area contributed by atoms with Crippen LogP contribution in [-0.4, -0.2) is 15.0 Å². The summed E-state index contributed by atoms with van der Waals surface area (Å²) in [6, 6.07) is 80.9. The zero-order valence-electron chi connectivity index (χ0n) is 34.6. The number of hydrogen-bond acceptors (Lipinski definition) is 4.